The van der Waals surface area contributed by atoms with E-state index >= 15 is 0 Å². The third kappa shape index (κ3) is 2.99. The summed E-state index contributed by atoms with van der Waals surface area (Å²) in [5.41, 5.74) is 2.03. The molecule has 0 bridgehead atoms. The van der Waals surface area contributed by atoms with Gasteiger partial charge in [-0.05, 0) is 44.0 Å². The molecule has 5 heteroatoms. The molecule has 1 fully saturated rings. The summed E-state index contributed by atoms with van der Waals surface area (Å²) in [6, 6.07) is 8.08. The van der Waals surface area contributed by atoms with Crippen LogP contribution in [0.5, 0.6) is 0 Å². The molecule has 106 valence electrons. The molecule has 0 spiro atoms. The van der Waals surface area contributed by atoms with Gasteiger partial charge in [-0.2, -0.15) is 0 Å². The topological polar surface area (TPSA) is 63.0 Å². The lowest BCUT2D eigenvalue weighted by Crippen LogP contribution is -2.33. The summed E-state index contributed by atoms with van der Waals surface area (Å²) in [6.45, 7) is 5.01. The summed E-state index contributed by atoms with van der Waals surface area (Å²) in [6.07, 6.45) is 2.54. The molecular formula is C15H20N4O. The number of anilines is 1. The Labute approximate surface area is 118 Å². The summed E-state index contributed by atoms with van der Waals surface area (Å²) in [5.74, 6) is 1.85. The maximum absolute atomic E-state index is 5.53. The molecule has 0 saturated carbocycles. The van der Waals surface area contributed by atoms with E-state index in [1.807, 2.05) is 18.2 Å². The van der Waals surface area contributed by atoms with E-state index in [1.165, 1.54) is 12.8 Å². The van der Waals surface area contributed by atoms with Gasteiger partial charge in [0.05, 0.1) is 5.56 Å². The van der Waals surface area contributed by atoms with Crippen molar-refractivity contribution in [2.45, 2.75) is 19.8 Å². The van der Waals surface area contributed by atoms with Gasteiger partial charge < -0.3 is 15.1 Å². The van der Waals surface area contributed by atoms with Crippen LogP contribution in [0.2, 0.25) is 0 Å². The van der Waals surface area contributed by atoms with E-state index in [4.69, 9.17) is 4.42 Å². The predicted molar refractivity (Wildman–Crippen MR) is 78.6 cm³/mol. The van der Waals surface area contributed by atoms with Gasteiger partial charge in [0.1, 0.15) is 0 Å². The highest BCUT2D eigenvalue weighted by molar-refractivity contribution is 5.72. The summed E-state index contributed by atoms with van der Waals surface area (Å²) >= 11 is 0. The average molecular weight is 272 g/mol. The van der Waals surface area contributed by atoms with Crippen LogP contribution in [0.1, 0.15) is 18.7 Å². The Morgan fingerprint density at radius 2 is 2.25 bits per heavy atom. The minimum absolute atomic E-state index is 0.576. The number of rotatable bonds is 4. The van der Waals surface area contributed by atoms with Gasteiger partial charge in [0.2, 0.25) is 11.8 Å². The zero-order chi connectivity index (χ0) is 13.8. The Balaban J connectivity index is 1.72. The maximum Gasteiger partial charge on any atom is 0.249 e. The lowest BCUT2D eigenvalue weighted by Gasteiger charge is -2.23. The number of aryl methyl sites for hydroxylation is 1. The van der Waals surface area contributed by atoms with Gasteiger partial charge in [-0.3, -0.25) is 0 Å². The number of hydrogen-bond acceptors (Lipinski definition) is 5. The van der Waals surface area contributed by atoms with Crippen molar-refractivity contribution in [2.75, 3.05) is 25.0 Å². The number of nitrogens with zero attached hydrogens (tertiary/aromatic N) is 2. The van der Waals surface area contributed by atoms with Crippen LogP contribution >= 0.6 is 0 Å². The van der Waals surface area contributed by atoms with Crippen LogP contribution in [-0.4, -0.2) is 29.8 Å². The van der Waals surface area contributed by atoms with Crippen LogP contribution in [-0.2, 0) is 0 Å². The van der Waals surface area contributed by atoms with Gasteiger partial charge in [-0.15, -0.1) is 10.2 Å². The minimum atomic E-state index is 0.576. The van der Waals surface area contributed by atoms with Crippen LogP contribution in [0.3, 0.4) is 0 Å². The molecule has 2 heterocycles. The van der Waals surface area contributed by atoms with E-state index in [2.05, 4.69) is 26.9 Å². The highest BCUT2D eigenvalue weighted by atomic mass is 16.4. The van der Waals surface area contributed by atoms with Crippen molar-refractivity contribution in [1.82, 2.24) is 15.5 Å². The fourth-order valence-electron chi connectivity index (χ4n) is 2.58. The zero-order valence-electron chi connectivity index (χ0n) is 11.7. The first kappa shape index (κ1) is 13.1. The van der Waals surface area contributed by atoms with Gasteiger partial charge in [0.25, 0.3) is 0 Å². The van der Waals surface area contributed by atoms with Crippen LogP contribution in [0.25, 0.3) is 11.5 Å². The molecule has 0 aliphatic carbocycles. The largest absolute Gasteiger partial charge is 0.421 e. The van der Waals surface area contributed by atoms with Crippen molar-refractivity contribution in [3.8, 4) is 11.5 Å². The van der Waals surface area contributed by atoms with Crippen molar-refractivity contribution < 1.29 is 4.42 Å². The molecule has 3 rings (SSSR count). The Bertz CT molecular complexity index is 561. The SMILES string of the molecule is Cc1nnc(-c2ccccc2NCC2CCCNC2)o1. The Kier molecular flexibility index (Phi) is 3.97. The molecule has 1 unspecified atom stereocenters. The van der Waals surface area contributed by atoms with E-state index in [9.17, 15) is 0 Å². The van der Waals surface area contributed by atoms with Crippen molar-refractivity contribution in [3.63, 3.8) is 0 Å². The summed E-state index contributed by atoms with van der Waals surface area (Å²) in [7, 11) is 0. The third-order valence-electron chi connectivity index (χ3n) is 3.66. The molecule has 1 aromatic carbocycles. The van der Waals surface area contributed by atoms with Crippen molar-refractivity contribution in [1.29, 1.82) is 0 Å². The highest BCUT2D eigenvalue weighted by Gasteiger charge is 2.15. The summed E-state index contributed by atoms with van der Waals surface area (Å²) in [4.78, 5) is 0. The van der Waals surface area contributed by atoms with Gasteiger partial charge in [0.15, 0.2) is 0 Å². The van der Waals surface area contributed by atoms with E-state index in [0.717, 1.165) is 30.9 Å². The molecule has 20 heavy (non-hydrogen) atoms. The maximum atomic E-state index is 5.53. The molecule has 1 saturated heterocycles. The normalized spacial score (nSPS) is 18.9. The van der Waals surface area contributed by atoms with Gasteiger partial charge in [-0.1, -0.05) is 12.1 Å². The first-order valence-corrected chi connectivity index (χ1v) is 7.17. The molecule has 1 atom stereocenters. The lowest BCUT2D eigenvalue weighted by molar-refractivity contribution is 0.393. The second-order valence-corrected chi connectivity index (χ2v) is 5.27. The number of para-hydroxylation sites is 1. The fraction of sp³-hybridized carbons (Fsp3) is 0.467. The molecule has 2 aromatic rings. The predicted octanol–water partition coefficient (Wildman–Crippen LogP) is 2.46. The first-order valence-electron chi connectivity index (χ1n) is 7.17. The van der Waals surface area contributed by atoms with Crippen LogP contribution in [0.4, 0.5) is 5.69 Å². The standard InChI is InChI=1S/C15H20N4O/c1-11-18-19-15(20-11)13-6-2-3-7-14(13)17-10-12-5-4-8-16-9-12/h2-3,6-7,12,16-17H,4-5,8-10H2,1H3. The Hall–Kier alpha value is -1.88. The molecule has 1 aliphatic heterocycles. The number of aromatic nitrogens is 2. The highest BCUT2D eigenvalue weighted by Crippen LogP contribution is 2.27. The molecule has 1 aliphatic rings. The van der Waals surface area contributed by atoms with Crippen LogP contribution < -0.4 is 10.6 Å². The molecule has 2 N–H and O–H groups in total. The van der Waals surface area contributed by atoms with E-state index in [0.29, 0.717) is 17.7 Å². The van der Waals surface area contributed by atoms with Crippen molar-refractivity contribution in [2.24, 2.45) is 5.92 Å². The second kappa shape index (κ2) is 6.05. The van der Waals surface area contributed by atoms with Crippen molar-refractivity contribution in [3.05, 3.63) is 30.2 Å². The first-order chi connectivity index (χ1) is 9.83. The van der Waals surface area contributed by atoms with Crippen LogP contribution in [0, 0.1) is 12.8 Å². The third-order valence-corrected chi connectivity index (χ3v) is 3.66. The van der Waals surface area contributed by atoms with E-state index in [1.54, 1.807) is 6.92 Å². The summed E-state index contributed by atoms with van der Waals surface area (Å²) < 4.78 is 5.53. The number of hydrogen-bond donors (Lipinski definition) is 2. The second-order valence-electron chi connectivity index (χ2n) is 5.27. The van der Waals surface area contributed by atoms with Gasteiger partial charge in [0, 0.05) is 19.2 Å². The van der Waals surface area contributed by atoms with E-state index < -0.39 is 0 Å². The number of nitrogens with one attached hydrogen (secondary N) is 2. The molecule has 1 aromatic heterocycles. The molecular weight excluding hydrogens is 252 g/mol. The van der Waals surface area contributed by atoms with Gasteiger partial charge in [-0.25, -0.2) is 0 Å². The average Bonchev–Trinajstić information content (AvgIpc) is 2.93. The van der Waals surface area contributed by atoms with Crippen molar-refractivity contribution >= 4 is 5.69 Å². The number of benzene rings is 1. The molecule has 0 radical (unpaired) electrons. The monoisotopic (exact) mass is 272 g/mol. The zero-order valence-corrected chi connectivity index (χ0v) is 11.7. The van der Waals surface area contributed by atoms with Gasteiger partial charge >= 0.3 is 0 Å². The van der Waals surface area contributed by atoms with Crippen LogP contribution in [0.15, 0.2) is 28.7 Å². The fourth-order valence-corrected chi connectivity index (χ4v) is 2.58. The smallest absolute Gasteiger partial charge is 0.249 e. The minimum Gasteiger partial charge on any atom is -0.421 e. The van der Waals surface area contributed by atoms with E-state index in [-0.39, 0.29) is 0 Å². The summed E-state index contributed by atoms with van der Waals surface area (Å²) in [5, 5.41) is 15.0. The lowest BCUT2D eigenvalue weighted by atomic mass is 9.99. The Morgan fingerprint density at radius 3 is 3.00 bits per heavy atom. The molecule has 5 nitrogen and oxygen atoms in total. The number of piperidine rings is 1. The quantitative estimate of drug-likeness (QED) is 0.895. The molecule has 0 amide bonds. The Morgan fingerprint density at radius 1 is 1.35 bits per heavy atom.